The number of aliphatic imine (C=N–C) groups is 2. The first kappa shape index (κ1) is 4.75. The monoisotopic (exact) mass is 125 g/mol. The Balaban J connectivity index is 2.20. The van der Waals surface area contributed by atoms with Gasteiger partial charge < -0.3 is 10.6 Å². The molecule has 2 aliphatic heterocycles. The van der Waals surface area contributed by atoms with Gasteiger partial charge in [-0.15, -0.1) is 0 Å². The van der Waals surface area contributed by atoms with Crippen LogP contribution in [0.15, 0.2) is 9.98 Å². The van der Waals surface area contributed by atoms with Crippen molar-refractivity contribution >= 4 is 12.7 Å². The van der Waals surface area contributed by atoms with Crippen molar-refractivity contribution in [3.8, 4) is 0 Å². The average molecular weight is 125 g/mol. The summed E-state index contributed by atoms with van der Waals surface area (Å²) >= 11 is 0. The van der Waals surface area contributed by atoms with Crippen LogP contribution in [0.4, 0.5) is 0 Å². The molecule has 0 aliphatic carbocycles. The highest BCUT2D eigenvalue weighted by atomic mass is 15.4. The van der Waals surface area contributed by atoms with Crippen LogP contribution in [0, 0.1) is 0 Å². The minimum absolute atomic E-state index is 0.00810. The first-order chi connectivity index (χ1) is 4.45. The topological polar surface area (TPSA) is 60.8 Å². The lowest BCUT2D eigenvalue weighted by molar-refractivity contribution is 0.372. The lowest BCUT2D eigenvalue weighted by Crippen LogP contribution is -2.57. The van der Waals surface area contributed by atoms with Crippen LogP contribution >= 0.6 is 0 Å². The molecule has 0 aromatic carbocycles. The molecule has 0 saturated carbocycles. The first-order valence-corrected chi connectivity index (χ1v) is 2.76. The molecule has 0 aromatic rings. The van der Waals surface area contributed by atoms with Crippen molar-refractivity contribution in [2.75, 3.05) is 0 Å². The maximum atomic E-state index is 4.00. The molecule has 0 fully saturated rings. The van der Waals surface area contributed by atoms with Gasteiger partial charge in [0.15, 0.2) is 12.6 Å². The molecule has 2 rings (SSSR count). The van der Waals surface area contributed by atoms with Gasteiger partial charge in [-0.25, -0.2) is 15.3 Å². The molecular weight excluding hydrogens is 118 g/mol. The fourth-order valence-electron chi connectivity index (χ4n) is 0.794. The van der Waals surface area contributed by atoms with Crippen molar-refractivity contribution < 1.29 is 0 Å². The summed E-state index contributed by atoms with van der Waals surface area (Å²) in [7, 11) is 0. The Morgan fingerprint density at radius 3 is 2.00 bits per heavy atom. The molecule has 9 heavy (non-hydrogen) atoms. The molecule has 0 saturated heterocycles. The van der Waals surface area contributed by atoms with Crippen LogP contribution in [-0.4, -0.2) is 25.3 Å². The first-order valence-electron chi connectivity index (χ1n) is 2.76. The van der Waals surface area contributed by atoms with Gasteiger partial charge in [-0.2, -0.15) is 0 Å². The molecule has 2 atom stereocenters. The third-order valence-electron chi connectivity index (χ3n) is 1.23. The van der Waals surface area contributed by atoms with Crippen molar-refractivity contribution in [1.29, 1.82) is 0 Å². The van der Waals surface area contributed by atoms with Crippen LogP contribution < -0.4 is 16.0 Å². The number of hydrogen-bond donors (Lipinski definition) is 3. The summed E-state index contributed by atoms with van der Waals surface area (Å²) in [6, 6.07) is 0. The van der Waals surface area contributed by atoms with Gasteiger partial charge >= 0.3 is 0 Å². The zero-order valence-corrected chi connectivity index (χ0v) is 4.70. The zero-order chi connectivity index (χ0) is 6.10. The predicted octanol–water partition coefficient (Wildman–Crippen LogP) is -1.59. The summed E-state index contributed by atoms with van der Waals surface area (Å²) in [5.74, 6) is 0. The minimum Gasteiger partial charge on any atom is -0.342 e. The second-order valence-corrected chi connectivity index (χ2v) is 1.86. The summed E-state index contributed by atoms with van der Waals surface area (Å²) in [5, 5.41) is 8.85. The van der Waals surface area contributed by atoms with Gasteiger partial charge in [0, 0.05) is 0 Å². The van der Waals surface area contributed by atoms with Gasteiger partial charge in [-0.05, 0) is 0 Å². The fraction of sp³-hybridized carbons (Fsp3) is 0.500. The van der Waals surface area contributed by atoms with Crippen LogP contribution in [0.1, 0.15) is 0 Å². The molecule has 0 radical (unpaired) electrons. The van der Waals surface area contributed by atoms with Crippen LogP contribution in [0.3, 0.4) is 0 Å². The van der Waals surface area contributed by atoms with Crippen molar-refractivity contribution in [2.24, 2.45) is 9.98 Å². The molecule has 5 heteroatoms. The van der Waals surface area contributed by atoms with Gasteiger partial charge in [0.05, 0.1) is 12.7 Å². The van der Waals surface area contributed by atoms with E-state index in [9.17, 15) is 0 Å². The Hall–Kier alpha value is -1.10. The lowest BCUT2D eigenvalue weighted by atomic mass is 10.6. The molecule has 2 heterocycles. The van der Waals surface area contributed by atoms with E-state index in [4.69, 9.17) is 0 Å². The summed E-state index contributed by atoms with van der Waals surface area (Å²) in [5.41, 5.74) is 0. The van der Waals surface area contributed by atoms with Crippen molar-refractivity contribution in [1.82, 2.24) is 16.0 Å². The Bertz CT molecular complexity index is 144. The minimum atomic E-state index is 0.00810. The Kier molecular flexibility index (Phi) is 0.895. The van der Waals surface area contributed by atoms with E-state index in [1.807, 2.05) is 0 Å². The van der Waals surface area contributed by atoms with E-state index in [1.165, 1.54) is 0 Å². The highest BCUT2D eigenvalue weighted by Gasteiger charge is 2.16. The van der Waals surface area contributed by atoms with Gasteiger partial charge in [-0.3, -0.25) is 0 Å². The van der Waals surface area contributed by atoms with E-state index in [-0.39, 0.29) is 12.6 Å². The molecule has 2 unspecified atom stereocenters. The Labute approximate surface area is 52.3 Å². The summed E-state index contributed by atoms with van der Waals surface area (Å²) in [6.07, 6.45) is 3.31. The molecule has 5 nitrogen and oxygen atoms in total. The average Bonchev–Trinajstić information content (AvgIpc) is 1.88. The lowest BCUT2D eigenvalue weighted by Gasteiger charge is -2.27. The normalized spacial score (nSPS) is 37.3. The van der Waals surface area contributed by atoms with Crippen LogP contribution in [0.5, 0.6) is 0 Å². The van der Waals surface area contributed by atoms with E-state index < -0.39 is 0 Å². The SMILES string of the molecule is C1=NC2NC=NC(N1)N2. The van der Waals surface area contributed by atoms with E-state index in [1.54, 1.807) is 12.7 Å². The molecule has 2 aliphatic rings. The summed E-state index contributed by atoms with van der Waals surface area (Å²) in [4.78, 5) is 8.00. The Morgan fingerprint density at radius 1 is 1.00 bits per heavy atom. The molecular formula is C4H7N5. The molecule has 0 amide bonds. The zero-order valence-electron chi connectivity index (χ0n) is 4.70. The van der Waals surface area contributed by atoms with E-state index >= 15 is 0 Å². The number of hydrogen-bond acceptors (Lipinski definition) is 5. The summed E-state index contributed by atoms with van der Waals surface area (Å²) in [6.45, 7) is 0. The smallest absolute Gasteiger partial charge is 0.179 e. The highest BCUT2D eigenvalue weighted by molar-refractivity contribution is 5.61. The number of fused-ring (bicyclic) bond motifs is 2. The van der Waals surface area contributed by atoms with Gasteiger partial charge in [-0.1, -0.05) is 0 Å². The largest absolute Gasteiger partial charge is 0.342 e. The van der Waals surface area contributed by atoms with Crippen molar-refractivity contribution in [2.45, 2.75) is 12.6 Å². The standard InChI is InChI=1S/C4H7N5/c1-5-3-7-2-8-4(6-1)9-3/h1-4,9H,(H,5,6)(H,7,8). The maximum Gasteiger partial charge on any atom is 0.179 e. The maximum absolute atomic E-state index is 4.00. The molecule has 3 N–H and O–H groups in total. The van der Waals surface area contributed by atoms with Crippen LogP contribution in [0.2, 0.25) is 0 Å². The number of nitrogens with zero attached hydrogens (tertiary/aromatic N) is 2. The quantitative estimate of drug-likeness (QED) is 0.365. The third-order valence-corrected chi connectivity index (χ3v) is 1.23. The fourth-order valence-corrected chi connectivity index (χ4v) is 0.794. The van der Waals surface area contributed by atoms with E-state index in [2.05, 4.69) is 25.9 Å². The van der Waals surface area contributed by atoms with Crippen molar-refractivity contribution in [3.05, 3.63) is 0 Å². The van der Waals surface area contributed by atoms with Gasteiger partial charge in [0.1, 0.15) is 0 Å². The highest BCUT2D eigenvalue weighted by Crippen LogP contribution is 1.92. The second-order valence-electron chi connectivity index (χ2n) is 1.86. The van der Waals surface area contributed by atoms with Gasteiger partial charge in [0.2, 0.25) is 0 Å². The molecule has 48 valence electrons. The Morgan fingerprint density at radius 2 is 1.56 bits per heavy atom. The van der Waals surface area contributed by atoms with Crippen LogP contribution in [0.25, 0.3) is 0 Å². The van der Waals surface area contributed by atoms with E-state index in [0.29, 0.717) is 0 Å². The number of rotatable bonds is 0. The van der Waals surface area contributed by atoms with Gasteiger partial charge in [0.25, 0.3) is 0 Å². The molecule has 2 bridgehead atoms. The number of nitrogens with one attached hydrogen (secondary N) is 3. The summed E-state index contributed by atoms with van der Waals surface area (Å²) < 4.78 is 0. The predicted molar refractivity (Wildman–Crippen MR) is 34.0 cm³/mol. The molecule has 0 aromatic heterocycles. The second kappa shape index (κ2) is 1.70. The molecule has 0 spiro atoms. The third kappa shape index (κ3) is 0.746. The van der Waals surface area contributed by atoms with Crippen molar-refractivity contribution in [3.63, 3.8) is 0 Å². The van der Waals surface area contributed by atoms with Crippen LogP contribution in [-0.2, 0) is 0 Å². The van der Waals surface area contributed by atoms with E-state index in [0.717, 1.165) is 0 Å².